The third-order valence-electron chi connectivity index (χ3n) is 7.84. The van der Waals surface area contributed by atoms with Crippen LogP contribution >= 0.6 is 20.8 Å². The molecule has 0 atom stereocenters. The minimum absolute atomic E-state index is 0.375. The first kappa shape index (κ1) is 25.4. The van der Waals surface area contributed by atoms with Crippen LogP contribution in [0.15, 0.2) is 115 Å². The van der Waals surface area contributed by atoms with Gasteiger partial charge in [0.2, 0.25) is 0 Å². The van der Waals surface area contributed by atoms with Gasteiger partial charge in [-0.3, -0.25) is 0 Å². The molecule has 0 unspecified atom stereocenters. The van der Waals surface area contributed by atoms with Gasteiger partial charge in [0.15, 0.2) is 0 Å². The molecule has 0 aliphatic carbocycles. The number of benzene rings is 4. The molecule has 5 heteroatoms. The summed E-state index contributed by atoms with van der Waals surface area (Å²) in [5.41, 5.74) is 1.55. The molecule has 1 aliphatic heterocycles. The van der Waals surface area contributed by atoms with Crippen molar-refractivity contribution < 1.29 is 9.31 Å². The van der Waals surface area contributed by atoms with E-state index in [4.69, 9.17) is 9.31 Å². The summed E-state index contributed by atoms with van der Waals surface area (Å²) < 4.78 is 12.8. The first-order chi connectivity index (χ1) is 17.1. The Labute approximate surface area is 223 Å². The molecule has 5 rings (SSSR count). The monoisotopic (exact) mass is 558 g/mol. The molecular weight excluding hydrogens is 526 g/mol. The second kappa shape index (κ2) is 9.26. The van der Waals surface area contributed by atoms with E-state index in [2.05, 4.69) is 158 Å². The van der Waals surface area contributed by atoms with Crippen LogP contribution < -0.4 is 21.4 Å². The Morgan fingerprint density at radius 3 is 1.44 bits per heavy atom. The third-order valence-corrected chi connectivity index (χ3v) is 17.4. The zero-order valence-electron chi connectivity index (χ0n) is 21.4. The fourth-order valence-electron chi connectivity index (χ4n) is 5.10. The molecule has 2 nitrogen and oxygen atoms in total. The summed E-state index contributed by atoms with van der Waals surface area (Å²) >= 11 is 4.57. The number of rotatable bonds is 6. The van der Waals surface area contributed by atoms with Crippen LogP contribution in [0.2, 0.25) is 0 Å². The molecule has 184 valence electrons. The molecule has 1 aliphatic rings. The van der Waals surface area contributed by atoms with Crippen molar-refractivity contribution in [2.45, 2.75) is 45.1 Å². The summed E-state index contributed by atoms with van der Waals surface area (Å²) in [6.45, 7) is 8.40. The van der Waals surface area contributed by atoms with Gasteiger partial charge in [-0.15, -0.1) is 0 Å². The van der Waals surface area contributed by atoms with E-state index in [9.17, 15) is 0 Å². The van der Waals surface area contributed by atoms with Gasteiger partial charge in [-0.05, 0) is 0 Å². The average Bonchev–Trinajstić information content (AvgIpc) is 3.12. The van der Waals surface area contributed by atoms with E-state index >= 15 is 0 Å². The van der Waals surface area contributed by atoms with E-state index in [-0.39, 0.29) is 18.3 Å². The molecule has 1 heterocycles. The predicted octanol–water partition coefficient (Wildman–Crippen LogP) is 6.33. The first-order valence-electron chi connectivity index (χ1n) is 12.5. The SMILES string of the molecule is CC1(C)OB(c2cccc(CP(Br)(c3ccccc3)(c3ccccc3)c3ccccc3)c2)OC1(C)C. The second-order valence-corrected chi connectivity index (χ2v) is 19.6. The van der Waals surface area contributed by atoms with Crippen LogP contribution in [0, 0.1) is 0 Å². The topological polar surface area (TPSA) is 18.5 Å². The van der Waals surface area contributed by atoms with Crippen molar-refractivity contribution >= 4 is 49.3 Å². The van der Waals surface area contributed by atoms with Gasteiger partial charge in [-0.1, -0.05) is 0 Å². The minimum atomic E-state index is -3.07. The van der Waals surface area contributed by atoms with E-state index in [1.54, 1.807) is 0 Å². The Bertz CT molecular complexity index is 1230. The van der Waals surface area contributed by atoms with Crippen molar-refractivity contribution in [2.75, 3.05) is 0 Å². The molecule has 0 spiro atoms. The summed E-state index contributed by atoms with van der Waals surface area (Å²) in [5.74, 6) is 0. The van der Waals surface area contributed by atoms with Gasteiger partial charge < -0.3 is 0 Å². The quantitative estimate of drug-likeness (QED) is 0.203. The molecule has 0 aromatic heterocycles. The third kappa shape index (κ3) is 4.19. The van der Waals surface area contributed by atoms with Crippen LogP contribution in [0.4, 0.5) is 0 Å². The summed E-state index contributed by atoms with van der Waals surface area (Å²) in [4.78, 5) is 0. The van der Waals surface area contributed by atoms with Crippen molar-refractivity contribution in [3.63, 3.8) is 0 Å². The maximum absolute atomic E-state index is 6.39. The van der Waals surface area contributed by atoms with E-state index in [0.717, 1.165) is 11.6 Å². The van der Waals surface area contributed by atoms with Crippen molar-refractivity contribution in [3.8, 4) is 0 Å². The molecule has 36 heavy (non-hydrogen) atoms. The Kier molecular flexibility index (Phi) is 6.54. The molecule has 0 N–H and O–H groups in total. The van der Waals surface area contributed by atoms with Crippen LogP contribution in [-0.4, -0.2) is 18.3 Å². The number of hydrogen-bond acceptors (Lipinski definition) is 2. The van der Waals surface area contributed by atoms with Crippen LogP contribution in [-0.2, 0) is 15.5 Å². The zero-order valence-corrected chi connectivity index (χ0v) is 23.9. The van der Waals surface area contributed by atoms with Gasteiger partial charge in [0, 0.05) is 0 Å². The second-order valence-electron chi connectivity index (χ2n) is 10.7. The van der Waals surface area contributed by atoms with E-state index in [1.807, 2.05) is 0 Å². The summed E-state index contributed by atoms with van der Waals surface area (Å²) in [6.07, 6.45) is 0.830. The van der Waals surface area contributed by atoms with Crippen molar-refractivity contribution in [3.05, 3.63) is 121 Å². The van der Waals surface area contributed by atoms with Crippen LogP contribution in [0.25, 0.3) is 0 Å². The van der Waals surface area contributed by atoms with Crippen LogP contribution in [0.5, 0.6) is 0 Å². The standard InChI is InChI=1S/C31H33BBrO2P/c1-30(2)31(3,4)35-32(34-30)26-16-14-15-25(23-26)24-36(33,27-17-8-5-9-18-27,28-19-10-6-11-20-28)29-21-12-7-13-22-29/h5-23H,24H2,1-4H3. The van der Waals surface area contributed by atoms with Crippen molar-refractivity contribution in [1.29, 1.82) is 0 Å². The normalized spacial score (nSPS) is 17.9. The summed E-state index contributed by atoms with van der Waals surface area (Å²) in [6, 6.07) is 41.5. The summed E-state index contributed by atoms with van der Waals surface area (Å²) in [7, 11) is -0.388. The molecular formula is C31H33BBrO2P. The van der Waals surface area contributed by atoms with Gasteiger partial charge in [-0.2, -0.15) is 0 Å². The van der Waals surface area contributed by atoms with Crippen molar-refractivity contribution in [2.24, 2.45) is 0 Å². The number of hydrogen-bond donors (Lipinski definition) is 0. The molecule has 1 saturated heterocycles. The van der Waals surface area contributed by atoms with Gasteiger partial charge in [0.05, 0.1) is 0 Å². The molecule has 0 amide bonds. The molecule has 0 radical (unpaired) electrons. The molecule has 4 aromatic carbocycles. The van der Waals surface area contributed by atoms with Gasteiger partial charge in [0.25, 0.3) is 0 Å². The Hall–Kier alpha value is -2.23. The van der Waals surface area contributed by atoms with Crippen LogP contribution in [0.3, 0.4) is 0 Å². The summed E-state index contributed by atoms with van der Waals surface area (Å²) in [5, 5.41) is 0.847. The average molecular weight is 559 g/mol. The molecule has 0 bridgehead atoms. The molecule has 1 fully saturated rings. The maximum atomic E-state index is 6.39. The Morgan fingerprint density at radius 1 is 0.611 bits per heavy atom. The van der Waals surface area contributed by atoms with Gasteiger partial charge >= 0.3 is 224 Å². The Morgan fingerprint density at radius 2 is 1.03 bits per heavy atom. The Balaban J connectivity index is 1.68. The van der Waals surface area contributed by atoms with Crippen LogP contribution in [0.1, 0.15) is 33.3 Å². The van der Waals surface area contributed by atoms with E-state index in [1.165, 1.54) is 21.5 Å². The van der Waals surface area contributed by atoms with Gasteiger partial charge in [0.1, 0.15) is 0 Å². The fourth-order valence-corrected chi connectivity index (χ4v) is 12.8. The van der Waals surface area contributed by atoms with Crippen molar-refractivity contribution in [1.82, 2.24) is 0 Å². The molecule has 4 aromatic rings. The zero-order chi connectivity index (χ0) is 25.5. The first-order valence-corrected chi connectivity index (χ1v) is 16.9. The number of halogens is 1. The molecule has 0 saturated carbocycles. The van der Waals surface area contributed by atoms with E-state index < -0.39 is 5.31 Å². The predicted molar refractivity (Wildman–Crippen MR) is 160 cm³/mol. The van der Waals surface area contributed by atoms with E-state index in [0.29, 0.717) is 0 Å². The van der Waals surface area contributed by atoms with Gasteiger partial charge in [-0.25, -0.2) is 0 Å². The fraction of sp³-hybridized carbons (Fsp3) is 0.226.